The lowest BCUT2D eigenvalue weighted by Gasteiger charge is -2.21. The molecular weight excluding hydrogens is 282 g/mol. The molecule has 1 aliphatic rings. The van der Waals surface area contributed by atoms with Crippen LogP contribution in [0.25, 0.3) is 0 Å². The highest BCUT2D eigenvalue weighted by atomic mass is 15.4. The first kappa shape index (κ1) is 15.5. The van der Waals surface area contributed by atoms with E-state index in [0.717, 1.165) is 17.1 Å². The number of aliphatic imine (C=N–C) groups is 1. The van der Waals surface area contributed by atoms with Gasteiger partial charge in [-0.1, -0.05) is 49.2 Å². The van der Waals surface area contributed by atoms with Gasteiger partial charge in [0, 0.05) is 12.5 Å². The number of aryl methyl sites for hydroxylation is 2. The molecule has 2 aromatic carbocycles. The molecule has 1 heterocycles. The van der Waals surface area contributed by atoms with Crippen molar-refractivity contribution in [2.24, 2.45) is 10.1 Å². The summed E-state index contributed by atoms with van der Waals surface area (Å²) < 4.78 is 0. The smallest absolute Gasteiger partial charge is 0.0712 e. The summed E-state index contributed by atoms with van der Waals surface area (Å²) in [4.78, 5) is 4.77. The predicted octanol–water partition coefficient (Wildman–Crippen LogP) is 4.79. The van der Waals surface area contributed by atoms with E-state index in [2.05, 4.69) is 75.3 Å². The Morgan fingerprint density at radius 3 is 2.35 bits per heavy atom. The molecule has 2 aromatic rings. The molecule has 0 N–H and O–H groups in total. The quantitative estimate of drug-likeness (QED) is 0.592. The minimum Gasteiger partial charge on any atom is -0.269 e. The topological polar surface area (TPSA) is 28.0 Å². The molecule has 23 heavy (non-hydrogen) atoms. The van der Waals surface area contributed by atoms with Crippen LogP contribution in [-0.2, 0) is 5.41 Å². The molecule has 0 fully saturated rings. The molecule has 0 saturated carbocycles. The van der Waals surface area contributed by atoms with E-state index in [-0.39, 0.29) is 5.41 Å². The molecule has 0 bridgehead atoms. The van der Waals surface area contributed by atoms with Gasteiger partial charge in [-0.25, -0.2) is 0 Å². The fourth-order valence-electron chi connectivity index (χ4n) is 2.81. The van der Waals surface area contributed by atoms with Gasteiger partial charge in [0.15, 0.2) is 0 Å². The van der Waals surface area contributed by atoms with Crippen LogP contribution in [0.1, 0.15) is 30.5 Å². The standard InChI is InChI=1S/C20H23N3/c1-14-6-9-16(10-7-14)23(5)21-13-19-20(3,4)17-12-15(2)8-11-18(17)22-19/h6-13H,1-5H3/b21-13+. The lowest BCUT2D eigenvalue weighted by atomic mass is 9.81. The number of fused-ring (bicyclic) bond motifs is 1. The van der Waals surface area contributed by atoms with Crippen molar-refractivity contribution < 1.29 is 0 Å². The van der Waals surface area contributed by atoms with Gasteiger partial charge in [-0.05, 0) is 37.6 Å². The van der Waals surface area contributed by atoms with E-state index >= 15 is 0 Å². The fourth-order valence-corrected chi connectivity index (χ4v) is 2.81. The Morgan fingerprint density at radius 2 is 1.65 bits per heavy atom. The number of nitrogens with zero attached hydrogens (tertiary/aromatic N) is 3. The molecule has 0 amide bonds. The zero-order chi connectivity index (χ0) is 16.6. The average molecular weight is 305 g/mol. The molecule has 3 heteroatoms. The maximum Gasteiger partial charge on any atom is 0.0712 e. The predicted molar refractivity (Wildman–Crippen MR) is 99.4 cm³/mol. The maximum absolute atomic E-state index is 4.77. The molecule has 0 unspecified atom stereocenters. The van der Waals surface area contributed by atoms with Crippen molar-refractivity contribution in [3.8, 4) is 0 Å². The van der Waals surface area contributed by atoms with Gasteiger partial charge in [0.05, 0.1) is 23.3 Å². The third-order valence-electron chi connectivity index (χ3n) is 4.47. The van der Waals surface area contributed by atoms with Gasteiger partial charge >= 0.3 is 0 Å². The van der Waals surface area contributed by atoms with Crippen LogP contribution in [0.15, 0.2) is 52.6 Å². The minimum absolute atomic E-state index is 0.112. The van der Waals surface area contributed by atoms with Crippen LogP contribution in [0.2, 0.25) is 0 Å². The van der Waals surface area contributed by atoms with E-state index in [4.69, 9.17) is 4.99 Å². The van der Waals surface area contributed by atoms with Crippen LogP contribution in [0.5, 0.6) is 0 Å². The molecule has 3 rings (SSSR count). The first-order valence-electron chi connectivity index (χ1n) is 7.92. The number of anilines is 1. The number of rotatable bonds is 3. The molecule has 3 nitrogen and oxygen atoms in total. The second-order valence-corrected chi connectivity index (χ2v) is 6.75. The van der Waals surface area contributed by atoms with Crippen LogP contribution in [0.4, 0.5) is 11.4 Å². The summed E-state index contributed by atoms with van der Waals surface area (Å²) >= 11 is 0. The molecule has 118 valence electrons. The van der Waals surface area contributed by atoms with Gasteiger partial charge in [-0.3, -0.25) is 10.0 Å². The summed E-state index contributed by atoms with van der Waals surface area (Å²) in [5.74, 6) is 0. The Balaban J connectivity index is 1.84. The lowest BCUT2D eigenvalue weighted by Crippen LogP contribution is -2.27. The first-order chi connectivity index (χ1) is 10.9. The molecule has 0 spiro atoms. The number of hydrazone groups is 1. The van der Waals surface area contributed by atoms with Crippen molar-refractivity contribution in [1.82, 2.24) is 0 Å². The largest absolute Gasteiger partial charge is 0.269 e. The van der Waals surface area contributed by atoms with Crippen molar-refractivity contribution >= 4 is 23.3 Å². The van der Waals surface area contributed by atoms with Crippen molar-refractivity contribution in [3.05, 3.63) is 59.2 Å². The van der Waals surface area contributed by atoms with Crippen LogP contribution in [0.3, 0.4) is 0 Å². The van der Waals surface area contributed by atoms with Crippen molar-refractivity contribution in [2.75, 3.05) is 12.1 Å². The minimum atomic E-state index is -0.112. The second kappa shape index (κ2) is 5.65. The summed E-state index contributed by atoms with van der Waals surface area (Å²) in [7, 11) is 1.96. The van der Waals surface area contributed by atoms with Gasteiger partial charge in [-0.2, -0.15) is 5.10 Å². The van der Waals surface area contributed by atoms with Gasteiger partial charge in [0.1, 0.15) is 0 Å². The summed E-state index contributed by atoms with van der Waals surface area (Å²) in [6.45, 7) is 8.61. The Hall–Kier alpha value is -2.42. The highest BCUT2D eigenvalue weighted by Gasteiger charge is 2.34. The molecule has 0 atom stereocenters. The normalized spacial score (nSPS) is 15.6. The first-order valence-corrected chi connectivity index (χ1v) is 7.92. The Bertz CT molecular complexity index is 783. The van der Waals surface area contributed by atoms with E-state index in [0.29, 0.717) is 0 Å². The van der Waals surface area contributed by atoms with Gasteiger partial charge < -0.3 is 0 Å². The lowest BCUT2D eigenvalue weighted by molar-refractivity contribution is 0.743. The maximum atomic E-state index is 4.77. The SMILES string of the molecule is Cc1ccc(N(C)/N=C/C2=Nc3ccc(C)cc3C2(C)C)cc1. The van der Waals surface area contributed by atoms with E-state index < -0.39 is 0 Å². The highest BCUT2D eigenvalue weighted by molar-refractivity contribution is 6.36. The summed E-state index contributed by atoms with van der Waals surface area (Å²) in [6.07, 6.45) is 1.88. The van der Waals surface area contributed by atoms with E-state index in [1.165, 1.54) is 16.7 Å². The molecule has 0 saturated heterocycles. The Kier molecular flexibility index (Phi) is 3.80. The summed E-state index contributed by atoms with van der Waals surface area (Å²) in [5, 5.41) is 6.47. The zero-order valence-corrected chi connectivity index (χ0v) is 14.5. The Labute approximate surface area is 138 Å². The number of hydrogen-bond donors (Lipinski definition) is 0. The van der Waals surface area contributed by atoms with E-state index in [1.807, 2.05) is 18.3 Å². The molecule has 0 aromatic heterocycles. The van der Waals surface area contributed by atoms with Crippen molar-refractivity contribution in [1.29, 1.82) is 0 Å². The molecule has 1 aliphatic heterocycles. The molecule has 0 radical (unpaired) electrons. The van der Waals surface area contributed by atoms with E-state index in [9.17, 15) is 0 Å². The van der Waals surface area contributed by atoms with Crippen LogP contribution >= 0.6 is 0 Å². The highest BCUT2D eigenvalue weighted by Crippen LogP contribution is 2.39. The number of benzene rings is 2. The van der Waals surface area contributed by atoms with Crippen LogP contribution in [0, 0.1) is 13.8 Å². The van der Waals surface area contributed by atoms with Crippen molar-refractivity contribution in [3.63, 3.8) is 0 Å². The van der Waals surface area contributed by atoms with Gasteiger partial charge in [-0.15, -0.1) is 0 Å². The summed E-state index contributed by atoms with van der Waals surface area (Å²) in [6, 6.07) is 14.8. The monoisotopic (exact) mass is 305 g/mol. The fraction of sp³-hybridized carbons (Fsp3) is 0.300. The molecular formula is C20H23N3. The number of hydrogen-bond acceptors (Lipinski definition) is 3. The third kappa shape index (κ3) is 2.91. The third-order valence-corrected chi connectivity index (χ3v) is 4.47. The van der Waals surface area contributed by atoms with Gasteiger partial charge in [0.25, 0.3) is 0 Å². The van der Waals surface area contributed by atoms with Crippen molar-refractivity contribution in [2.45, 2.75) is 33.1 Å². The molecule has 0 aliphatic carbocycles. The zero-order valence-electron chi connectivity index (χ0n) is 14.5. The van der Waals surface area contributed by atoms with Gasteiger partial charge in [0.2, 0.25) is 0 Å². The second-order valence-electron chi connectivity index (χ2n) is 6.75. The average Bonchev–Trinajstić information content (AvgIpc) is 2.76. The Morgan fingerprint density at radius 1 is 1.00 bits per heavy atom. The summed E-state index contributed by atoms with van der Waals surface area (Å²) in [5.41, 5.74) is 6.80. The van der Waals surface area contributed by atoms with Crippen LogP contribution in [-0.4, -0.2) is 19.0 Å². The van der Waals surface area contributed by atoms with E-state index in [1.54, 1.807) is 0 Å². The van der Waals surface area contributed by atoms with Crippen LogP contribution < -0.4 is 5.01 Å².